The van der Waals surface area contributed by atoms with Crippen LogP contribution in [0.25, 0.3) is 17.5 Å². The van der Waals surface area contributed by atoms with Crippen LogP contribution in [0.3, 0.4) is 0 Å². The van der Waals surface area contributed by atoms with Crippen molar-refractivity contribution in [2.45, 2.75) is 13.5 Å². The fourth-order valence-electron chi connectivity index (χ4n) is 2.13. The Hall–Kier alpha value is -2.73. The zero-order valence-corrected chi connectivity index (χ0v) is 15.1. The maximum Gasteiger partial charge on any atom is 0.331 e. The molecule has 0 saturated carbocycles. The highest BCUT2D eigenvalue weighted by Gasteiger charge is 2.10. The molecule has 0 amide bonds. The van der Waals surface area contributed by atoms with Crippen molar-refractivity contribution in [3.63, 3.8) is 0 Å². The van der Waals surface area contributed by atoms with Crippen LogP contribution in [-0.4, -0.2) is 16.2 Å². The van der Waals surface area contributed by atoms with Gasteiger partial charge in [0.2, 0.25) is 5.89 Å². The minimum absolute atomic E-state index is 0.0671. The Morgan fingerprint density at radius 3 is 2.76 bits per heavy atom. The molecule has 25 heavy (non-hydrogen) atoms. The number of carbonyl (C=O) groups is 1. The summed E-state index contributed by atoms with van der Waals surface area (Å²) in [5, 5.41) is 7.88. The highest BCUT2D eigenvalue weighted by atomic mass is 79.9. The Morgan fingerprint density at radius 1 is 1.20 bits per heavy atom. The van der Waals surface area contributed by atoms with E-state index >= 15 is 0 Å². The zero-order valence-electron chi connectivity index (χ0n) is 13.5. The van der Waals surface area contributed by atoms with Crippen LogP contribution in [0.1, 0.15) is 17.0 Å². The van der Waals surface area contributed by atoms with Gasteiger partial charge >= 0.3 is 5.97 Å². The van der Waals surface area contributed by atoms with E-state index < -0.39 is 5.97 Å². The van der Waals surface area contributed by atoms with Gasteiger partial charge in [-0.2, -0.15) is 0 Å². The molecule has 6 heteroatoms. The Kier molecular flexibility index (Phi) is 5.40. The van der Waals surface area contributed by atoms with Gasteiger partial charge in [-0.05, 0) is 42.8 Å². The molecule has 0 fully saturated rings. The standard InChI is InChI=1S/C19H15BrN2O3/c1-13-3-2-4-15(11-13)19-22-21-17(25-19)12-24-18(23)10-7-14-5-8-16(20)9-6-14/h2-11H,12H2,1H3/b10-7+. The molecule has 2 aromatic carbocycles. The average Bonchev–Trinajstić information content (AvgIpc) is 3.08. The van der Waals surface area contributed by atoms with Gasteiger partial charge in [0, 0.05) is 16.1 Å². The fraction of sp³-hybridized carbons (Fsp3) is 0.105. The Labute approximate surface area is 153 Å². The van der Waals surface area contributed by atoms with E-state index in [2.05, 4.69) is 26.1 Å². The lowest BCUT2D eigenvalue weighted by Gasteiger charge is -1.98. The van der Waals surface area contributed by atoms with Crippen LogP contribution in [0.5, 0.6) is 0 Å². The first-order valence-electron chi connectivity index (χ1n) is 7.60. The maximum atomic E-state index is 11.8. The molecule has 5 nitrogen and oxygen atoms in total. The second-order valence-electron chi connectivity index (χ2n) is 5.36. The van der Waals surface area contributed by atoms with Crippen LogP contribution >= 0.6 is 15.9 Å². The van der Waals surface area contributed by atoms with E-state index in [0.29, 0.717) is 5.89 Å². The maximum absolute atomic E-state index is 11.8. The van der Waals surface area contributed by atoms with Crippen LogP contribution in [-0.2, 0) is 16.1 Å². The van der Waals surface area contributed by atoms with Gasteiger partial charge in [0.15, 0.2) is 6.61 Å². The Bertz CT molecular complexity index is 901. The molecule has 3 aromatic rings. The minimum Gasteiger partial charge on any atom is -0.452 e. The molecule has 0 saturated heterocycles. The Balaban J connectivity index is 1.56. The number of aryl methyl sites for hydroxylation is 1. The topological polar surface area (TPSA) is 65.2 Å². The summed E-state index contributed by atoms with van der Waals surface area (Å²) in [5.74, 6) is 0.181. The first kappa shape index (κ1) is 17.1. The lowest BCUT2D eigenvalue weighted by Crippen LogP contribution is -2.00. The minimum atomic E-state index is -0.474. The monoisotopic (exact) mass is 398 g/mol. The van der Waals surface area contributed by atoms with Gasteiger partial charge in [-0.3, -0.25) is 0 Å². The van der Waals surface area contributed by atoms with Crippen LogP contribution in [0.15, 0.2) is 63.5 Å². The first-order valence-corrected chi connectivity index (χ1v) is 8.39. The molecule has 0 aliphatic heterocycles. The summed E-state index contributed by atoms with van der Waals surface area (Å²) in [6.07, 6.45) is 3.04. The summed E-state index contributed by atoms with van der Waals surface area (Å²) in [5.41, 5.74) is 2.83. The number of carbonyl (C=O) groups excluding carboxylic acids is 1. The smallest absolute Gasteiger partial charge is 0.331 e. The van der Waals surface area contributed by atoms with E-state index in [9.17, 15) is 4.79 Å². The second kappa shape index (κ2) is 7.90. The lowest BCUT2D eigenvalue weighted by atomic mass is 10.1. The first-order chi connectivity index (χ1) is 12.1. The van der Waals surface area contributed by atoms with Gasteiger partial charge in [-0.15, -0.1) is 10.2 Å². The summed E-state index contributed by atoms with van der Waals surface area (Å²) >= 11 is 3.36. The van der Waals surface area contributed by atoms with E-state index in [4.69, 9.17) is 9.15 Å². The summed E-state index contributed by atoms with van der Waals surface area (Å²) in [7, 11) is 0. The molecule has 0 spiro atoms. The third-order valence-electron chi connectivity index (χ3n) is 3.35. The van der Waals surface area contributed by atoms with Crippen molar-refractivity contribution in [1.29, 1.82) is 0 Å². The third-order valence-corrected chi connectivity index (χ3v) is 3.88. The molecule has 1 aromatic heterocycles. The fourth-order valence-corrected chi connectivity index (χ4v) is 2.39. The number of ether oxygens (including phenoxy) is 1. The molecular formula is C19H15BrN2O3. The van der Waals surface area contributed by atoms with Crippen molar-refractivity contribution < 1.29 is 13.9 Å². The number of aromatic nitrogens is 2. The molecule has 0 unspecified atom stereocenters. The van der Waals surface area contributed by atoms with Crippen LogP contribution in [0, 0.1) is 6.92 Å². The predicted octanol–water partition coefficient (Wildman–Crippen LogP) is 4.56. The second-order valence-corrected chi connectivity index (χ2v) is 6.28. The van der Waals surface area contributed by atoms with Gasteiger partial charge in [0.25, 0.3) is 5.89 Å². The molecule has 0 N–H and O–H groups in total. The molecular weight excluding hydrogens is 384 g/mol. The lowest BCUT2D eigenvalue weighted by molar-refractivity contribution is -0.139. The summed E-state index contributed by atoms with van der Waals surface area (Å²) in [6.45, 7) is 1.92. The average molecular weight is 399 g/mol. The van der Waals surface area contributed by atoms with Crippen molar-refractivity contribution in [2.75, 3.05) is 0 Å². The summed E-state index contributed by atoms with van der Waals surface area (Å²) in [4.78, 5) is 11.8. The van der Waals surface area contributed by atoms with E-state index in [1.165, 1.54) is 6.08 Å². The highest BCUT2D eigenvalue weighted by Crippen LogP contribution is 2.19. The SMILES string of the molecule is Cc1cccc(-c2nnc(COC(=O)/C=C/c3ccc(Br)cc3)o2)c1. The molecule has 0 atom stereocenters. The van der Waals surface area contributed by atoms with Gasteiger partial charge in [-0.1, -0.05) is 45.8 Å². The molecule has 126 valence electrons. The van der Waals surface area contributed by atoms with Crippen LogP contribution < -0.4 is 0 Å². The molecule has 3 rings (SSSR count). The van der Waals surface area contributed by atoms with E-state index in [1.807, 2.05) is 55.5 Å². The number of benzene rings is 2. The molecule has 0 aliphatic rings. The number of nitrogens with zero attached hydrogens (tertiary/aromatic N) is 2. The number of halogens is 1. The Morgan fingerprint density at radius 2 is 2.00 bits per heavy atom. The zero-order chi connectivity index (χ0) is 17.6. The van der Waals surface area contributed by atoms with Gasteiger partial charge < -0.3 is 9.15 Å². The van der Waals surface area contributed by atoms with E-state index in [-0.39, 0.29) is 12.5 Å². The normalized spacial score (nSPS) is 11.0. The van der Waals surface area contributed by atoms with Crippen molar-refractivity contribution in [2.24, 2.45) is 0 Å². The van der Waals surface area contributed by atoms with E-state index in [0.717, 1.165) is 21.2 Å². The van der Waals surface area contributed by atoms with Crippen molar-refractivity contribution in [3.8, 4) is 11.5 Å². The van der Waals surface area contributed by atoms with Crippen LogP contribution in [0.2, 0.25) is 0 Å². The van der Waals surface area contributed by atoms with Gasteiger partial charge in [0.1, 0.15) is 0 Å². The summed E-state index contributed by atoms with van der Waals surface area (Å²) < 4.78 is 11.6. The summed E-state index contributed by atoms with van der Waals surface area (Å²) in [6, 6.07) is 15.3. The number of hydrogen-bond acceptors (Lipinski definition) is 5. The van der Waals surface area contributed by atoms with Crippen LogP contribution in [0.4, 0.5) is 0 Å². The molecule has 1 heterocycles. The van der Waals surface area contributed by atoms with Gasteiger partial charge in [-0.25, -0.2) is 4.79 Å². The number of rotatable bonds is 5. The number of esters is 1. The largest absolute Gasteiger partial charge is 0.452 e. The van der Waals surface area contributed by atoms with Crippen molar-refractivity contribution >= 4 is 28.0 Å². The number of hydrogen-bond donors (Lipinski definition) is 0. The van der Waals surface area contributed by atoms with Crippen molar-refractivity contribution in [1.82, 2.24) is 10.2 Å². The van der Waals surface area contributed by atoms with Crippen molar-refractivity contribution in [3.05, 3.63) is 76.1 Å². The predicted molar refractivity (Wildman–Crippen MR) is 97.4 cm³/mol. The molecule has 0 bridgehead atoms. The van der Waals surface area contributed by atoms with Gasteiger partial charge in [0.05, 0.1) is 0 Å². The quantitative estimate of drug-likeness (QED) is 0.465. The van der Waals surface area contributed by atoms with E-state index in [1.54, 1.807) is 6.08 Å². The molecule has 0 aliphatic carbocycles. The highest BCUT2D eigenvalue weighted by molar-refractivity contribution is 9.10. The molecule has 0 radical (unpaired) electrons. The third kappa shape index (κ3) is 4.87.